The largest absolute Gasteiger partial charge is 0.330 e. The van der Waals surface area contributed by atoms with Crippen LogP contribution in [-0.2, 0) is 6.54 Å². The highest BCUT2D eigenvalue weighted by Gasteiger charge is 2.02. The molecule has 0 saturated carbocycles. The Morgan fingerprint density at radius 2 is 2.05 bits per heavy atom. The van der Waals surface area contributed by atoms with Crippen molar-refractivity contribution in [3.63, 3.8) is 0 Å². The van der Waals surface area contributed by atoms with Gasteiger partial charge in [0, 0.05) is 18.1 Å². The van der Waals surface area contributed by atoms with Gasteiger partial charge in [-0.2, -0.15) is 0 Å². The highest BCUT2D eigenvalue weighted by molar-refractivity contribution is 5.78. The summed E-state index contributed by atoms with van der Waals surface area (Å²) in [7, 11) is 2.18. The molecule has 0 amide bonds. The molecule has 0 spiro atoms. The average Bonchev–Trinajstić information content (AvgIpc) is 2.43. The van der Waals surface area contributed by atoms with E-state index < -0.39 is 0 Å². The van der Waals surface area contributed by atoms with Crippen LogP contribution in [0.5, 0.6) is 0 Å². The number of benzene rings is 1. The third-order valence-electron chi connectivity index (χ3n) is 3.36. The molecule has 1 heterocycles. The van der Waals surface area contributed by atoms with Crippen LogP contribution >= 0.6 is 0 Å². The van der Waals surface area contributed by atoms with Crippen LogP contribution in [0.4, 0.5) is 0 Å². The maximum Gasteiger partial charge on any atom is 0.0702 e. The van der Waals surface area contributed by atoms with Gasteiger partial charge in [0.15, 0.2) is 0 Å². The Labute approximate surface area is 115 Å². The van der Waals surface area contributed by atoms with Crippen LogP contribution in [0.1, 0.15) is 24.8 Å². The molecule has 0 saturated heterocycles. The number of hydrogen-bond donors (Lipinski definition) is 1. The lowest BCUT2D eigenvalue weighted by Crippen LogP contribution is -2.19. The van der Waals surface area contributed by atoms with Crippen LogP contribution < -0.4 is 5.73 Å². The van der Waals surface area contributed by atoms with E-state index >= 15 is 0 Å². The van der Waals surface area contributed by atoms with E-state index in [1.807, 2.05) is 12.3 Å². The molecule has 0 unspecified atom stereocenters. The van der Waals surface area contributed by atoms with Crippen LogP contribution in [-0.4, -0.2) is 30.0 Å². The molecule has 3 nitrogen and oxygen atoms in total. The van der Waals surface area contributed by atoms with Crippen molar-refractivity contribution in [2.24, 2.45) is 5.73 Å². The number of fused-ring (bicyclic) bond motifs is 1. The molecular formula is C16H23N3. The minimum absolute atomic E-state index is 0.807. The molecule has 0 bridgehead atoms. The fourth-order valence-corrected chi connectivity index (χ4v) is 2.32. The second-order valence-electron chi connectivity index (χ2n) is 5.12. The number of hydrogen-bond acceptors (Lipinski definition) is 3. The Kier molecular flexibility index (Phi) is 5.31. The van der Waals surface area contributed by atoms with Crippen LogP contribution in [0.3, 0.4) is 0 Å². The minimum atomic E-state index is 0.807. The van der Waals surface area contributed by atoms with E-state index in [4.69, 9.17) is 5.73 Å². The summed E-state index contributed by atoms with van der Waals surface area (Å²) < 4.78 is 0. The van der Waals surface area contributed by atoms with Crippen molar-refractivity contribution in [2.45, 2.75) is 25.8 Å². The zero-order valence-electron chi connectivity index (χ0n) is 11.7. The van der Waals surface area contributed by atoms with E-state index in [9.17, 15) is 0 Å². The van der Waals surface area contributed by atoms with Crippen molar-refractivity contribution in [1.29, 1.82) is 0 Å². The van der Waals surface area contributed by atoms with Crippen molar-refractivity contribution < 1.29 is 0 Å². The molecular weight excluding hydrogens is 234 g/mol. The first-order chi connectivity index (χ1) is 9.29. The summed E-state index contributed by atoms with van der Waals surface area (Å²) in [6.07, 6.45) is 5.42. The number of pyridine rings is 1. The summed E-state index contributed by atoms with van der Waals surface area (Å²) in [6, 6.07) is 10.6. The van der Waals surface area contributed by atoms with Gasteiger partial charge in [-0.1, -0.05) is 18.6 Å². The molecule has 0 atom stereocenters. The fourth-order valence-electron chi connectivity index (χ4n) is 2.32. The molecule has 0 aliphatic carbocycles. The predicted molar refractivity (Wildman–Crippen MR) is 81.0 cm³/mol. The van der Waals surface area contributed by atoms with Gasteiger partial charge >= 0.3 is 0 Å². The quantitative estimate of drug-likeness (QED) is 0.776. The van der Waals surface area contributed by atoms with Crippen molar-refractivity contribution in [1.82, 2.24) is 9.88 Å². The number of rotatable bonds is 7. The first-order valence-corrected chi connectivity index (χ1v) is 7.02. The highest BCUT2D eigenvalue weighted by Crippen LogP contribution is 2.14. The van der Waals surface area contributed by atoms with Gasteiger partial charge in [0.1, 0.15) is 0 Å². The maximum atomic E-state index is 5.50. The third kappa shape index (κ3) is 4.30. The fraction of sp³-hybridized carbons (Fsp3) is 0.438. The Morgan fingerprint density at radius 1 is 1.16 bits per heavy atom. The van der Waals surface area contributed by atoms with Gasteiger partial charge in [-0.3, -0.25) is 4.98 Å². The molecule has 0 aliphatic rings. The minimum Gasteiger partial charge on any atom is -0.330 e. The van der Waals surface area contributed by atoms with Gasteiger partial charge in [0.25, 0.3) is 0 Å². The normalized spacial score (nSPS) is 11.3. The van der Waals surface area contributed by atoms with Gasteiger partial charge in [-0.25, -0.2) is 0 Å². The Bertz CT molecular complexity index is 510. The van der Waals surface area contributed by atoms with Crippen molar-refractivity contribution in [3.8, 4) is 0 Å². The van der Waals surface area contributed by atoms with E-state index in [0.29, 0.717) is 0 Å². The van der Waals surface area contributed by atoms with Gasteiger partial charge < -0.3 is 10.6 Å². The van der Waals surface area contributed by atoms with Gasteiger partial charge in [-0.05, 0) is 56.7 Å². The summed E-state index contributed by atoms with van der Waals surface area (Å²) in [5.41, 5.74) is 7.92. The van der Waals surface area contributed by atoms with Crippen LogP contribution in [0.25, 0.3) is 10.9 Å². The monoisotopic (exact) mass is 257 g/mol. The summed E-state index contributed by atoms with van der Waals surface area (Å²) in [5.74, 6) is 0. The molecule has 1 aromatic heterocycles. The molecule has 102 valence electrons. The number of aromatic nitrogens is 1. The topological polar surface area (TPSA) is 42.1 Å². The van der Waals surface area contributed by atoms with E-state index in [2.05, 4.69) is 41.2 Å². The lowest BCUT2D eigenvalue weighted by atomic mass is 10.1. The highest BCUT2D eigenvalue weighted by atomic mass is 15.1. The second kappa shape index (κ2) is 7.22. The molecule has 2 aromatic rings. The summed E-state index contributed by atoms with van der Waals surface area (Å²) in [6.45, 7) is 2.93. The summed E-state index contributed by atoms with van der Waals surface area (Å²) in [5, 5.41) is 1.22. The van der Waals surface area contributed by atoms with Gasteiger partial charge in [0.05, 0.1) is 5.52 Å². The first-order valence-electron chi connectivity index (χ1n) is 7.02. The van der Waals surface area contributed by atoms with Gasteiger partial charge in [-0.15, -0.1) is 0 Å². The first kappa shape index (κ1) is 14.0. The van der Waals surface area contributed by atoms with Crippen molar-refractivity contribution in [2.75, 3.05) is 20.1 Å². The Morgan fingerprint density at radius 3 is 2.89 bits per heavy atom. The van der Waals surface area contributed by atoms with Gasteiger partial charge in [0.2, 0.25) is 0 Å². The average molecular weight is 257 g/mol. The van der Waals surface area contributed by atoms with Crippen LogP contribution in [0.15, 0.2) is 36.5 Å². The lowest BCUT2D eigenvalue weighted by molar-refractivity contribution is 0.318. The SMILES string of the molecule is CN(CCCCCN)Cc1ccc2ncccc2c1. The Hall–Kier alpha value is -1.45. The second-order valence-corrected chi connectivity index (χ2v) is 5.12. The molecule has 19 heavy (non-hydrogen) atoms. The zero-order valence-corrected chi connectivity index (χ0v) is 11.7. The standard InChI is InChI=1S/C16H23N3/c1-19(11-4-2-3-9-17)13-14-7-8-16-15(12-14)6-5-10-18-16/h5-8,10,12H,2-4,9,11,13,17H2,1H3. The number of nitrogens with two attached hydrogens (primary N) is 1. The van der Waals surface area contributed by atoms with E-state index in [0.717, 1.165) is 31.6 Å². The summed E-state index contributed by atoms with van der Waals surface area (Å²) in [4.78, 5) is 6.72. The van der Waals surface area contributed by atoms with E-state index in [-0.39, 0.29) is 0 Å². The third-order valence-corrected chi connectivity index (χ3v) is 3.36. The number of nitrogens with zero attached hydrogens (tertiary/aromatic N) is 2. The molecule has 0 fully saturated rings. The molecule has 0 radical (unpaired) electrons. The Balaban J connectivity index is 1.89. The molecule has 2 rings (SSSR count). The number of unbranched alkanes of at least 4 members (excludes halogenated alkanes) is 2. The molecule has 2 N–H and O–H groups in total. The molecule has 1 aromatic carbocycles. The van der Waals surface area contributed by atoms with E-state index in [1.165, 1.54) is 23.8 Å². The van der Waals surface area contributed by atoms with Crippen LogP contribution in [0.2, 0.25) is 0 Å². The zero-order chi connectivity index (χ0) is 13.5. The van der Waals surface area contributed by atoms with Crippen molar-refractivity contribution in [3.05, 3.63) is 42.1 Å². The summed E-state index contributed by atoms with van der Waals surface area (Å²) >= 11 is 0. The predicted octanol–water partition coefficient (Wildman–Crippen LogP) is 2.80. The molecule has 0 aliphatic heterocycles. The lowest BCUT2D eigenvalue weighted by Gasteiger charge is -2.16. The molecule has 3 heteroatoms. The van der Waals surface area contributed by atoms with E-state index in [1.54, 1.807) is 0 Å². The van der Waals surface area contributed by atoms with Crippen molar-refractivity contribution >= 4 is 10.9 Å². The maximum absolute atomic E-state index is 5.50. The van der Waals surface area contributed by atoms with Crippen LogP contribution in [0, 0.1) is 0 Å². The smallest absolute Gasteiger partial charge is 0.0702 e.